The van der Waals surface area contributed by atoms with Gasteiger partial charge in [-0.2, -0.15) is 0 Å². The van der Waals surface area contributed by atoms with Crippen LogP contribution < -0.4 is 10.1 Å². The van der Waals surface area contributed by atoms with Gasteiger partial charge in [-0.3, -0.25) is 9.69 Å². The van der Waals surface area contributed by atoms with Gasteiger partial charge >= 0.3 is 0 Å². The van der Waals surface area contributed by atoms with Crippen molar-refractivity contribution in [3.05, 3.63) is 28.8 Å². The van der Waals surface area contributed by atoms with Crippen LogP contribution in [0.3, 0.4) is 0 Å². The highest BCUT2D eigenvalue weighted by molar-refractivity contribution is 6.30. The zero-order valence-electron chi connectivity index (χ0n) is 16.6. The highest BCUT2D eigenvalue weighted by Crippen LogP contribution is 2.55. The molecule has 1 N–H and O–H groups in total. The van der Waals surface area contributed by atoms with Gasteiger partial charge in [0.05, 0.1) is 13.2 Å². The molecule has 0 spiro atoms. The van der Waals surface area contributed by atoms with Crippen molar-refractivity contribution in [2.45, 2.75) is 63.6 Å². The molecule has 5 heteroatoms. The Hall–Kier alpha value is -1.26. The number of ether oxygens (including phenoxy) is 1. The van der Waals surface area contributed by atoms with Crippen LogP contribution in [0.5, 0.6) is 5.75 Å². The first-order valence-corrected chi connectivity index (χ1v) is 10.6. The molecular weight excluding hydrogens is 360 g/mol. The molecule has 27 heavy (non-hydrogen) atoms. The third-order valence-corrected chi connectivity index (χ3v) is 7.36. The second kappa shape index (κ2) is 7.29. The quantitative estimate of drug-likeness (QED) is 0.789. The first-order valence-electron chi connectivity index (χ1n) is 10.2. The Balaban J connectivity index is 1.41. The number of rotatable bonds is 6. The molecule has 0 saturated heterocycles. The van der Waals surface area contributed by atoms with Gasteiger partial charge in [0.15, 0.2) is 0 Å². The summed E-state index contributed by atoms with van der Waals surface area (Å²) < 4.78 is 5.45. The summed E-state index contributed by atoms with van der Waals surface area (Å²) in [6.45, 7) is 2.62. The highest BCUT2D eigenvalue weighted by atomic mass is 35.5. The molecular formula is C22H31ClN2O2. The number of halogens is 1. The molecule has 1 aromatic rings. The van der Waals surface area contributed by atoms with Crippen molar-refractivity contribution in [2.75, 3.05) is 14.2 Å². The van der Waals surface area contributed by atoms with Crippen LogP contribution in [-0.2, 0) is 11.3 Å². The van der Waals surface area contributed by atoms with Gasteiger partial charge in [-0.25, -0.2) is 0 Å². The molecule has 1 atom stereocenters. The van der Waals surface area contributed by atoms with Crippen LogP contribution in [-0.4, -0.2) is 36.5 Å². The van der Waals surface area contributed by atoms with E-state index in [9.17, 15) is 4.79 Å². The lowest BCUT2D eigenvalue weighted by Crippen LogP contribution is -2.62. The largest absolute Gasteiger partial charge is 0.496 e. The number of nitrogens with one attached hydrogen (secondary N) is 1. The lowest BCUT2D eigenvalue weighted by molar-refractivity contribution is -0.131. The number of nitrogens with zero attached hydrogens (tertiary/aromatic N) is 1. The number of methoxy groups -OCH3 is 1. The maximum absolute atomic E-state index is 13.1. The van der Waals surface area contributed by atoms with E-state index in [-0.39, 0.29) is 17.5 Å². The van der Waals surface area contributed by atoms with E-state index < -0.39 is 0 Å². The number of hydrogen-bond donors (Lipinski definition) is 1. The Labute approximate surface area is 167 Å². The molecule has 4 bridgehead atoms. The van der Waals surface area contributed by atoms with E-state index in [0.717, 1.165) is 29.1 Å². The van der Waals surface area contributed by atoms with E-state index in [4.69, 9.17) is 16.3 Å². The molecule has 0 aliphatic heterocycles. The van der Waals surface area contributed by atoms with Crippen molar-refractivity contribution in [1.29, 1.82) is 0 Å². The van der Waals surface area contributed by atoms with E-state index in [1.54, 1.807) is 7.11 Å². The number of hydrogen-bond acceptors (Lipinski definition) is 3. The molecule has 4 saturated carbocycles. The van der Waals surface area contributed by atoms with Crippen LogP contribution in [0.1, 0.15) is 51.0 Å². The molecule has 148 valence electrons. The Morgan fingerprint density at radius 1 is 1.26 bits per heavy atom. The fourth-order valence-corrected chi connectivity index (χ4v) is 6.30. The van der Waals surface area contributed by atoms with Crippen LogP contribution >= 0.6 is 11.6 Å². The smallest absolute Gasteiger partial charge is 0.237 e. The second-order valence-corrected chi connectivity index (χ2v) is 9.67. The Kier molecular flexibility index (Phi) is 5.15. The van der Waals surface area contributed by atoms with Crippen molar-refractivity contribution >= 4 is 17.5 Å². The van der Waals surface area contributed by atoms with E-state index in [1.807, 2.05) is 32.2 Å². The lowest BCUT2D eigenvalue weighted by atomic mass is 9.53. The summed E-state index contributed by atoms with van der Waals surface area (Å²) >= 11 is 6.15. The monoisotopic (exact) mass is 390 g/mol. The first-order chi connectivity index (χ1) is 12.9. The first kappa shape index (κ1) is 19.1. The summed E-state index contributed by atoms with van der Waals surface area (Å²) in [6.07, 6.45) is 7.72. The minimum Gasteiger partial charge on any atom is -0.496 e. The summed E-state index contributed by atoms with van der Waals surface area (Å²) in [6, 6.07) is 5.43. The Morgan fingerprint density at radius 2 is 1.85 bits per heavy atom. The summed E-state index contributed by atoms with van der Waals surface area (Å²) in [5.74, 6) is 3.46. The molecule has 5 rings (SSSR count). The lowest BCUT2D eigenvalue weighted by Gasteiger charge is -2.57. The summed E-state index contributed by atoms with van der Waals surface area (Å²) in [5, 5.41) is 4.18. The zero-order valence-corrected chi connectivity index (χ0v) is 17.4. The number of benzene rings is 1. The van der Waals surface area contributed by atoms with E-state index in [0.29, 0.717) is 11.6 Å². The van der Waals surface area contributed by atoms with Gasteiger partial charge in [0, 0.05) is 22.7 Å². The summed E-state index contributed by atoms with van der Waals surface area (Å²) in [5.41, 5.74) is 1.07. The van der Waals surface area contributed by atoms with Crippen molar-refractivity contribution in [2.24, 2.45) is 17.8 Å². The molecule has 4 nitrogen and oxygen atoms in total. The van der Waals surface area contributed by atoms with Crippen molar-refractivity contribution < 1.29 is 9.53 Å². The van der Waals surface area contributed by atoms with Crippen molar-refractivity contribution in [3.63, 3.8) is 0 Å². The van der Waals surface area contributed by atoms with Gasteiger partial charge in [0.2, 0.25) is 5.91 Å². The van der Waals surface area contributed by atoms with Gasteiger partial charge in [-0.05, 0) is 88.4 Å². The molecule has 0 radical (unpaired) electrons. The van der Waals surface area contributed by atoms with Gasteiger partial charge in [-0.1, -0.05) is 11.6 Å². The molecule has 0 aromatic heterocycles. The molecule has 0 heterocycles. The summed E-state index contributed by atoms with van der Waals surface area (Å²) in [7, 11) is 3.65. The van der Waals surface area contributed by atoms with Gasteiger partial charge in [0.1, 0.15) is 5.75 Å². The van der Waals surface area contributed by atoms with Crippen LogP contribution in [0.4, 0.5) is 0 Å². The van der Waals surface area contributed by atoms with E-state index >= 15 is 0 Å². The molecule has 1 aromatic carbocycles. The maximum Gasteiger partial charge on any atom is 0.237 e. The summed E-state index contributed by atoms with van der Waals surface area (Å²) in [4.78, 5) is 15.1. The molecule has 4 aliphatic carbocycles. The number of likely N-dealkylation sites (N-methyl/N-ethyl adjacent to an activating group) is 1. The molecule has 0 unspecified atom stereocenters. The predicted octanol–water partition coefficient (Wildman–Crippen LogP) is 4.25. The second-order valence-electron chi connectivity index (χ2n) is 9.23. The average molecular weight is 391 g/mol. The standard InChI is InChI=1S/C22H31ClN2O2/c1-14(25(2)13-18-9-19(23)4-5-20(18)27-3)21(26)24-22-10-15-6-16(11-22)8-17(7-15)12-22/h4-5,9,14-17H,6-8,10-13H2,1-3H3,(H,24,26)/t14-,15?,16?,17?,22?/m1/s1. The van der Waals surface area contributed by atoms with Crippen LogP contribution in [0.15, 0.2) is 18.2 Å². The van der Waals surface area contributed by atoms with Crippen LogP contribution in [0, 0.1) is 17.8 Å². The van der Waals surface area contributed by atoms with Crippen LogP contribution in [0.25, 0.3) is 0 Å². The number of amides is 1. The van der Waals surface area contributed by atoms with E-state index in [2.05, 4.69) is 10.2 Å². The minimum atomic E-state index is -0.193. The number of carbonyl (C=O) groups excluding carboxylic acids is 1. The number of carbonyl (C=O) groups is 1. The maximum atomic E-state index is 13.1. The van der Waals surface area contributed by atoms with Gasteiger partial charge in [0.25, 0.3) is 0 Å². The third kappa shape index (κ3) is 3.84. The van der Waals surface area contributed by atoms with Crippen molar-refractivity contribution in [1.82, 2.24) is 10.2 Å². The SMILES string of the molecule is COc1ccc(Cl)cc1CN(C)[C@H](C)C(=O)NC12CC3CC(CC(C3)C1)C2. The Morgan fingerprint density at radius 3 is 2.41 bits per heavy atom. The molecule has 4 fully saturated rings. The third-order valence-electron chi connectivity index (χ3n) is 7.13. The van der Waals surface area contributed by atoms with Gasteiger partial charge < -0.3 is 10.1 Å². The fourth-order valence-electron chi connectivity index (χ4n) is 6.11. The highest BCUT2D eigenvalue weighted by Gasteiger charge is 2.51. The topological polar surface area (TPSA) is 41.6 Å². The minimum absolute atomic E-state index is 0.0642. The normalized spacial score (nSPS) is 32.6. The van der Waals surface area contributed by atoms with Crippen molar-refractivity contribution in [3.8, 4) is 5.75 Å². The van der Waals surface area contributed by atoms with E-state index in [1.165, 1.54) is 38.5 Å². The zero-order chi connectivity index (χ0) is 19.2. The van der Waals surface area contributed by atoms with Gasteiger partial charge in [-0.15, -0.1) is 0 Å². The average Bonchev–Trinajstić information content (AvgIpc) is 2.59. The fraction of sp³-hybridized carbons (Fsp3) is 0.682. The molecule has 4 aliphatic rings. The molecule has 1 amide bonds. The Bertz CT molecular complexity index is 685. The van der Waals surface area contributed by atoms with Crippen LogP contribution in [0.2, 0.25) is 5.02 Å². The predicted molar refractivity (Wildman–Crippen MR) is 108 cm³/mol.